The van der Waals surface area contributed by atoms with Gasteiger partial charge in [-0.25, -0.2) is 4.98 Å². The number of rotatable bonds is 3. The average Bonchev–Trinajstić information content (AvgIpc) is 3.39. The molecule has 2 aromatic carbocycles. The molecule has 0 radical (unpaired) electrons. The number of hydrogen-bond acceptors (Lipinski definition) is 4. The third kappa shape index (κ3) is 2.75. The molecule has 0 bridgehead atoms. The summed E-state index contributed by atoms with van der Waals surface area (Å²) in [6, 6.07) is 18.4. The van der Waals surface area contributed by atoms with Crippen LogP contribution >= 0.6 is 22.9 Å². The van der Waals surface area contributed by atoms with Gasteiger partial charge in [-0.15, -0.1) is 11.3 Å². The molecular formula is C22H13ClN4S. The largest absolute Gasteiger partial charge is 0.298 e. The first kappa shape index (κ1) is 16.9. The first-order valence-corrected chi connectivity index (χ1v) is 9.96. The van der Waals surface area contributed by atoms with E-state index in [1.54, 1.807) is 23.9 Å². The number of thiophene rings is 1. The first-order valence-electron chi connectivity index (χ1n) is 8.70. The van der Waals surface area contributed by atoms with Crippen LogP contribution in [-0.4, -0.2) is 14.5 Å². The van der Waals surface area contributed by atoms with Crippen molar-refractivity contribution in [1.29, 1.82) is 5.26 Å². The molecular weight excluding hydrogens is 388 g/mol. The zero-order valence-corrected chi connectivity index (χ0v) is 16.2. The molecule has 3 heterocycles. The highest BCUT2D eigenvalue weighted by Gasteiger charge is 2.12. The molecule has 4 nitrogen and oxygen atoms in total. The Hall–Kier alpha value is -3.20. The molecule has 6 heteroatoms. The molecule has 3 aromatic heterocycles. The van der Waals surface area contributed by atoms with Crippen molar-refractivity contribution < 1.29 is 0 Å². The number of nitrogens with zero attached hydrogens (tertiary/aromatic N) is 4. The molecule has 0 amide bonds. The Bertz CT molecular complexity index is 1360. The molecule has 0 atom stereocenters. The fraction of sp³-hybridized carbons (Fsp3) is 0.0455. The molecule has 5 aromatic rings. The summed E-state index contributed by atoms with van der Waals surface area (Å²) in [5, 5.41) is 12.6. The Labute approximate surface area is 170 Å². The monoisotopic (exact) mass is 400 g/mol. The van der Waals surface area contributed by atoms with E-state index in [0.29, 0.717) is 11.4 Å². The Morgan fingerprint density at radius 3 is 2.79 bits per heavy atom. The van der Waals surface area contributed by atoms with Crippen molar-refractivity contribution in [1.82, 2.24) is 14.5 Å². The third-order valence-corrected chi connectivity index (χ3v) is 6.03. The summed E-state index contributed by atoms with van der Waals surface area (Å²) in [7, 11) is 0. The molecule has 0 aliphatic heterocycles. The summed E-state index contributed by atoms with van der Waals surface area (Å²) in [4.78, 5) is 10.3. The Balaban J connectivity index is 1.75. The topological polar surface area (TPSA) is 54.5 Å². The number of halogens is 1. The zero-order chi connectivity index (χ0) is 19.1. The van der Waals surface area contributed by atoms with Crippen molar-refractivity contribution in [2.75, 3.05) is 0 Å². The van der Waals surface area contributed by atoms with Gasteiger partial charge in [0.05, 0.1) is 29.7 Å². The van der Waals surface area contributed by atoms with E-state index in [1.807, 2.05) is 28.8 Å². The van der Waals surface area contributed by atoms with Gasteiger partial charge < -0.3 is 0 Å². The van der Waals surface area contributed by atoms with Crippen LogP contribution in [0.4, 0.5) is 0 Å². The van der Waals surface area contributed by atoms with Gasteiger partial charge in [-0.3, -0.25) is 9.55 Å². The predicted octanol–water partition coefficient (Wildman–Crippen LogP) is 6.02. The number of benzene rings is 2. The molecule has 0 unspecified atom stereocenters. The summed E-state index contributed by atoms with van der Waals surface area (Å²) < 4.78 is 2.03. The summed E-state index contributed by atoms with van der Waals surface area (Å²) >= 11 is 8.11. The summed E-state index contributed by atoms with van der Waals surface area (Å²) in [5.41, 5.74) is 5.63. The molecule has 0 aliphatic rings. The molecule has 0 spiro atoms. The van der Waals surface area contributed by atoms with Crippen LogP contribution in [-0.2, 0) is 6.42 Å². The number of hydrogen-bond donors (Lipinski definition) is 0. The first-order chi connectivity index (χ1) is 13.7. The number of imidazole rings is 1. The molecule has 0 fully saturated rings. The maximum atomic E-state index is 8.93. The minimum Gasteiger partial charge on any atom is -0.298 e. The van der Waals surface area contributed by atoms with Crippen LogP contribution in [0.25, 0.3) is 38.1 Å². The second kappa shape index (κ2) is 6.75. The smallest absolute Gasteiger partial charge is 0.108 e. The SMILES string of the molecule is N#CCc1ccc(-n2cnc3cnc4ccc(-c5cccs5)cc4c32)cc1Cl. The quantitative estimate of drug-likeness (QED) is 0.372. The van der Waals surface area contributed by atoms with E-state index in [4.69, 9.17) is 16.9 Å². The van der Waals surface area contributed by atoms with Crippen LogP contribution in [0.5, 0.6) is 0 Å². The van der Waals surface area contributed by atoms with Gasteiger partial charge in [-0.2, -0.15) is 5.26 Å². The van der Waals surface area contributed by atoms with Crippen LogP contribution in [0.2, 0.25) is 5.02 Å². The van der Waals surface area contributed by atoms with E-state index in [0.717, 1.165) is 38.8 Å². The second-order valence-corrected chi connectivity index (χ2v) is 7.78. The zero-order valence-electron chi connectivity index (χ0n) is 14.6. The van der Waals surface area contributed by atoms with Crippen LogP contribution < -0.4 is 0 Å². The van der Waals surface area contributed by atoms with Crippen molar-refractivity contribution in [3.05, 3.63) is 77.0 Å². The second-order valence-electron chi connectivity index (χ2n) is 6.43. The van der Waals surface area contributed by atoms with E-state index in [-0.39, 0.29) is 0 Å². The Kier molecular flexibility index (Phi) is 4.09. The minimum absolute atomic E-state index is 0.292. The van der Waals surface area contributed by atoms with E-state index in [9.17, 15) is 0 Å². The van der Waals surface area contributed by atoms with Gasteiger partial charge in [-0.05, 0) is 46.8 Å². The van der Waals surface area contributed by atoms with E-state index < -0.39 is 0 Å². The number of nitriles is 1. The van der Waals surface area contributed by atoms with Crippen molar-refractivity contribution in [3.63, 3.8) is 0 Å². The summed E-state index contributed by atoms with van der Waals surface area (Å²) in [6.45, 7) is 0. The van der Waals surface area contributed by atoms with E-state index in [1.165, 1.54) is 4.88 Å². The van der Waals surface area contributed by atoms with Gasteiger partial charge in [-0.1, -0.05) is 29.8 Å². The average molecular weight is 401 g/mol. The van der Waals surface area contributed by atoms with Crippen molar-refractivity contribution in [2.45, 2.75) is 6.42 Å². The summed E-state index contributed by atoms with van der Waals surface area (Å²) in [5.74, 6) is 0. The molecule has 0 saturated heterocycles. The highest BCUT2D eigenvalue weighted by atomic mass is 35.5. The molecule has 28 heavy (non-hydrogen) atoms. The van der Waals surface area contributed by atoms with Gasteiger partial charge in [0.15, 0.2) is 0 Å². The fourth-order valence-corrected chi connectivity index (χ4v) is 4.37. The lowest BCUT2D eigenvalue weighted by atomic mass is 10.1. The van der Waals surface area contributed by atoms with E-state index in [2.05, 4.69) is 45.7 Å². The van der Waals surface area contributed by atoms with Crippen LogP contribution in [0, 0.1) is 11.3 Å². The number of fused-ring (bicyclic) bond motifs is 3. The Morgan fingerprint density at radius 2 is 2.00 bits per heavy atom. The molecule has 0 saturated carbocycles. The van der Waals surface area contributed by atoms with Crippen LogP contribution in [0.15, 0.2) is 66.4 Å². The predicted molar refractivity (Wildman–Crippen MR) is 114 cm³/mol. The van der Waals surface area contributed by atoms with Crippen LogP contribution in [0.1, 0.15) is 5.56 Å². The van der Waals surface area contributed by atoms with Gasteiger partial charge in [0.1, 0.15) is 11.8 Å². The van der Waals surface area contributed by atoms with Crippen molar-refractivity contribution >= 4 is 44.9 Å². The maximum absolute atomic E-state index is 8.93. The van der Waals surface area contributed by atoms with E-state index >= 15 is 0 Å². The highest BCUT2D eigenvalue weighted by Crippen LogP contribution is 2.32. The van der Waals surface area contributed by atoms with Gasteiger partial charge >= 0.3 is 0 Å². The fourth-order valence-electron chi connectivity index (χ4n) is 3.40. The lowest BCUT2D eigenvalue weighted by Gasteiger charge is -2.09. The molecule has 5 rings (SSSR count). The number of aromatic nitrogens is 3. The highest BCUT2D eigenvalue weighted by molar-refractivity contribution is 7.13. The van der Waals surface area contributed by atoms with Crippen molar-refractivity contribution in [2.24, 2.45) is 0 Å². The number of pyridine rings is 1. The Morgan fingerprint density at radius 1 is 1.07 bits per heavy atom. The molecule has 134 valence electrons. The van der Waals surface area contributed by atoms with Gasteiger partial charge in [0.25, 0.3) is 0 Å². The van der Waals surface area contributed by atoms with Crippen molar-refractivity contribution in [3.8, 4) is 22.2 Å². The lowest BCUT2D eigenvalue weighted by Crippen LogP contribution is -1.95. The van der Waals surface area contributed by atoms with Crippen LogP contribution in [0.3, 0.4) is 0 Å². The summed E-state index contributed by atoms with van der Waals surface area (Å²) in [6.07, 6.45) is 3.88. The standard InChI is InChI=1S/C22H13ClN4S/c23-18-11-16(5-3-14(18)7-8-24)27-13-26-20-12-25-19-6-4-15(10-17(19)22(20)27)21-2-1-9-28-21/h1-6,9-13H,7H2. The molecule has 0 N–H and O–H groups in total. The van der Waals surface area contributed by atoms with Gasteiger partial charge in [0.2, 0.25) is 0 Å². The van der Waals surface area contributed by atoms with Gasteiger partial charge in [0, 0.05) is 21.0 Å². The third-order valence-electron chi connectivity index (χ3n) is 4.76. The normalized spacial score (nSPS) is 11.1. The molecule has 0 aliphatic carbocycles. The minimum atomic E-state index is 0.292. The lowest BCUT2D eigenvalue weighted by molar-refractivity contribution is 1.09. The maximum Gasteiger partial charge on any atom is 0.108 e.